The van der Waals surface area contributed by atoms with E-state index in [2.05, 4.69) is 15.0 Å². The number of aromatic amines is 1. The summed E-state index contributed by atoms with van der Waals surface area (Å²) in [6, 6.07) is 9.77. The maximum absolute atomic E-state index is 12.3. The van der Waals surface area contributed by atoms with Gasteiger partial charge in [0.25, 0.3) is 5.56 Å². The van der Waals surface area contributed by atoms with Crippen molar-refractivity contribution in [3.8, 4) is 0 Å². The second-order valence-corrected chi connectivity index (χ2v) is 7.73. The maximum Gasteiger partial charge on any atom is 0.280 e. The number of hydrogen-bond acceptors (Lipinski definition) is 9. The third kappa shape index (κ3) is 3.85. The third-order valence-electron chi connectivity index (χ3n) is 4.73. The summed E-state index contributed by atoms with van der Waals surface area (Å²) in [5.74, 6) is 0.404. The number of aliphatic hydroxyl groups is 3. The monoisotopic (exact) mass is 431 g/mol. The Morgan fingerprint density at radius 1 is 1.23 bits per heavy atom. The molecule has 10 nitrogen and oxygen atoms in total. The van der Waals surface area contributed by atoms with Crippen LogP contribution in [0, 0.1) is 0 Å². The highest BCUT2D eigenvalue weighted by atomic mass is 32.2. The molecule has 0 spiro atoms. The number of fused-ring (bicyclic) bond motifs is 1. The Kier molecular flexibility index (Phi) is 5.88. The first kappa shape index (κ1) is 20.6. The lowest BCUT2D eigenvalue weighted by Crippen LogP contribution is -2.33. The predicted molar refractivity (Wildman–Crippen MR) is 112 cm³/mol. The minimum Gasteiger partial charge on any atom is -0.394 e. The molecule has 3 heterocycles. The van der Waals surface area contributed by atoms with E-state index in [0.29, 0.717) is 10.9 Å². The summed E-state index contributed by atoms with van der Waals surface area (Å²) in [5, 5.41) is 30.4. The molecule has 1 aliphatic rings. The highest BCUT2D eigenvalue weighted by molar-refractivity contribution is 7.99. The summed E-state index contributed by atoms with van der Waals surface area (Å²) in [4.78, 5) is 23.2. The van der Waals surface area contributed by atoms with Crippen molar-refractivity contribution in [1.29, 1.82) is 0 Å². The summed E-state index contributed by atoms with van der Waals surface area (Å²) in [6.07, 6.45) is -0.814. The normalized spacial score (nSPS) is 24.2. The van der Waals surface area contributed by atoms with E-state index in [1.807, 2.05) is 42.5 Å². The van der Waals surface area contributed by atoms with Crippen molar-refractivity contribution in [2.24, 2.45) is 0 Å². The fourth-order valence-corrected chi connectivity index (χ4v) is 4.10. The number of nitrogens with one attached hydrogen (secondary N) is 1. The Morgan fingerprint density at radius 2 is 2.00 bits per heavy atom. The Bertz CT molecular complexity index is 1120. The Balaban J connectivity index is 1.68. The van der Waals surface area contributed by atoms with E-state index in [-0.39, 0.29) is 17.1 Å². The van der Waals surface area contributed by atoms with E-state index in [1.165, 1.54) is 16.3 Å². The number of nitrogens with zero attached hydrogens (tertiary/aromatic N) is 3. The summed E-state index contributed by atoms with van der Waals surface area (Å²) >= 11 is 1.30. The van der Waals surface area contributed by atoms with Crippen LogP contribution in [0.15, 0.2) is 46.4 Å². The van der Waals surface area contributed by atoms with Gasteiger partial charge in [-0.3, -0.25) is 14.3 Å². The number of imidazole rings is 1. The zero-order chi connectivity index (χ0) is 21.3. The van der Waals surface area contributed by atoms with Crippen molar-refractivity contribution < 1.29 is 20.1 Å². The van der Waals surface area contributed by atoms with E-state index < -0.39 is 36.7 Å². The molecule has 1 fully saturated rings. The molecule has 4 atom stereocenters. The topological polar surface area (TPSA) is 160 Å². The Labute approximate surface area is 175 Å². The van der Waals surface area contributed by atoms with Crippen LogP contribution >= 0.6 is 11.8 Å². The molecule has 3 aromatic rings. The number of nitrogen functional groups attached to an aromatic ring is 1. The third-order valence-corrected chi connectivity index (χ3v) is 5.63. The van der Waals surface area contributed by atoms with Crippen LogP contribution in [0.25, 0.3) is 17.2 Å². The average molecular weight is 431 g/mol. The Hall–Kier alpha value is -2.70. The van der Waals surface area contributed by atoms with Gasteiger partial charge in [-0.2, -0.15) is 4.98 Å². The number of rotatable bonds is 6. The van der Waals surface area contributed by atoms with Gasteiger partial charge in [0.1, 0.15) is 18.3 Å². The van der Waals surface area contributed by atoms with Crippen LogP contribution in [-0.2, 0) is 4.74 Å². The molecule has 0 bridgehead atoms. The molecule has 0 saturated carbocycles. The Morgan fingerprint density at radius 3 is 2.70 bits per heavy atom. The molecule has 1 aromatic carbocycles. The van der Waals surface area contributed by atoms with Gasteiger partial charge in [-0.1, -0.05) is 54.2 Å². The van der Waals surface area contributed by atoms with Crippen LogP contribution in [0.1, 0.15) is 11.8 Å². The number of nitrogens with two attached hydrogens (primary N) is 1. The fraction of sp³-hybridized carbons (Fsp3) is 0.316. The van der Waals surface area contributed by atoms with Gasteiger partial charge in [0.05, 0.1) is 6.61 Å². The van der Waals surface area contributed by atoms with Gasteiger partial charge in [-0.15, -0.1) is 0 Å². The van der Waals surface area contributed by atoms with Gasteiger partial charge >= 0.3 is 0 Å². The second kappa shape index (κ2) is 8.58. The largest absolute Gasteiger partial charge is 0.394 e. The van der Waals surface area contributed by atoms with E-state index in [9.17, 15) is 20.1 Å². The molecule has 11 heteroatoms. The van der Waals surface area contributed by atoms with Crippen molar-refractivity contribution in [3.63, 3.8) is 0 Å². The smallest absolute Gasteiger partial charge is 0.280 e. The van der Waals surface area contributed by atoms with Crippen LogP contribution < -0.4 is 11.3 Å². The van der Waals surface area contributed by atoms with Crippen LogP contribution in [0.4, 0.5) is 5.95 Å². The molecule has 0 radical (unpaired) electrons. The highest BCUT2D eigenvalue weighted by Gasteiger charge is 2.45. The van der Waals surface area contributed by atoms with Gasteiger partial charge in [-0.05, 0) is 5.56 Å². The zero-order valence-corrected chi connectivity index (χ0v) is 16.6. The number of aliphatic hydroxyl groups excluding tert-OH is 3. The molecule has 0 amide bonds. The second-order valence-electron chi connectivity index (χ2n) is 6.74. The number of H-pyrrole nitrogens is 1. The maximum atomic E-state index is 12.3. The molecule has 0 unspecified atom stereocenters. The van der Waals surface area contributed by atoms with Crippen LogP contribution in [-0.4, -0.2) is 65.5 Å². The lowest BCUT2D eigenvalue weighted by Gasteiger charge is -2.18. The van der Waals surface area contributed by atoms with Gasteiger partial charge in [0, 0.05) is 5.75 Å². The quantitative estimate of drug-likeness (QED) is 0.342. The van der Waals surface area contributed by atoms with Gasteiger partial charge in [0.2, 0.25) is 5.95 Å². The first-order valence-electron chi connectivity index (χ1n) is 9.24. The van der Waals surface area contributed by atoms with Crippen molar-refractivity contribution in [2.45, 2.75) is 29.7 Å². The predicted octanol–water partition coefficient (Wildman–Crippen LogP) is 0.119. The van der Waals surface area contributed by atoms with Crippen LogP contribution in [0.2, 0.25) is 0 Å². The molecule has 2 aromatic heterocycles. The first-order valence-corrected chi connectivity index (χ1v) is 10.2. The van der Waals surface area contributed by atoms with Gasteiger partial charge in [-0.25, -0.2) is 4.98 Å². The number of hydrogen-bond donors (Lipinski definition) is 5. The van der Waals surface area contributed by atoms with Crippen molar-refractivity contribution in [1.82, 2.24) is 19.5 Å². The molecule has 1 aliphatic heterocycles. The highest BCUT2D eigenvalue weighted by Crippen LogP contribution is 2.35. The number of benzene rings is 1. The molecule has 0 aliphatic carbocycles. The van der Waals surface area contributed by atoms with Crippen molar-refractivity contribution >= 4 is 35.0 Å². The SMILES string of the molecule is Nc1nc2c(nc(SCC=Cc3ccccc3)n2[C@@H]2O[C@H](CO)[C@@H](O)[C@H]2O)c(=O)[nH]1. The average Bonchev–Trinajstić information content (AvgIpc) is 3.23. The molecular weight excluding hydrogens is 410 g/mol. The van der Waals surface area contributed by atoms with Crippen molar-refractivity contribution in [2.75, 3.05) is 18.1 Å². The van der Waals surface area contributed by atoms with E-state index in [0.717, 1.165) is 5.56 Å². The molecule has 6 N–H and O–H groups in total. The molecule has 1 saturated heterocycles. The summed E-state index contributed by atoms with van der Waals surface area (Å²) < 4.78 is 7.07. The minimum absolute atomic E-state index is 0.0384. The molecule has 30 heavy (non-hydrogen) atoms. The minimum atomic E-state index is -1.35. The zero-order valence-electron chi connectivity index (χ0n) is 15.8. The summed E-state index contributed by atoms with van der Waals surface area (Å²) in [6.45, 7) is -0.472. The summed E-state index contributed by atoms with van der Waals surface area (Å²) in [5.41, 5.74) is 6.37. The lowest BCUT2D eigenvalue weighted by molar-refractivity contribution is -0.0548. The standard InChI is InChI=1S/C19H21N5O5S/c20-18-22-15-12(16(28)23-18)21-19(30-8-4-7-10-5-2-1-3-6-10)24(15)17-14(27)13(26)11(9-25)29-17/h1-7,11,13-14,17,25-27H,8-9H2,(H3,20,22,23,28)/t11-,13-,14-,17-/m1/s1. The van der Waals surface area contributed by atoms with E-state index in [4.69, 9.17) is 10.5 Å². The number of thioether (sulfide) groups is 1. The summed E-state index contributed by atoms with van der Waals surface area (Å²) in [7, 11) is 0. The molecular formula is C19H21N5O5S. The van der Waals surface area contributed by atoms with Crippen LogP contribution in [0.3, 0.4) is 0 Å². The molecule has 158 valence electrons. The lowest BCUT2D eigenvalue weighted by atomic mass is 10.1. The van der Waals surface area contributed by atoms with Crippen LogP contribution in [0.5, 0.6) is 0 Å². The van der Waals surface area contributed by atoms with E-state index in [1.54, 1.807) is 0 Å². The van der Waals surface area contributed by atoms with Gasteiger partial charge < -0.3 is 25.8 Å². The van der Waals surface area contributed by atoms with Gasteiger partial charge in [0.15, 0.2) is 22.5 Å². The number of ether oxygens (including phenoxy) is 1. The number of anilines is 1. The fourth-order valence-electron chi connectivity index (χ4n) is 3.28. The molecule has 4 rings (SSSR count). The number of aromatic nitrogens is 4. The van der Waals surface area contributed by atoms with E-state index >= 15 is 0 Å². The first-order chi connectivity index (χ1) is 14.5. The van der Waals surface area contributed by atoms with Crippen molar-refractivity contribution in [3.05, 3.63) is 52.3 Å².